The zero-order valence-corrected chi connectivity index (χ0v) is 21.0. The van der Waals surface area contributed by atoms with Crippen molar-refractivity contribution >= 4 is 17.0 Å². The van der Waals surface area contributed by atoms with Gasteiger partial charge in [0.15, 0.2) is 11.5 Å². The highest BCUT2D eigenvalue weighted by molar-refractivity contribution is 5.82. The van der Waals surface area contributed by atoms with E-state index in [-0.39, 0.29) is 19.8 Å². The van der Waals surface area contributed by atoms with Crippen LogP contribution in [0.5, 0.6) is 0 Å². The van der Waals surface area contributed by atoms with Crippen molar-refractivity contribution in [3.05, 3.63) is 117 Å². The van der Waals surface area contributed by atoms with Crippen LogP contribution >= 0.6 is 0 Å². The van der Waals surface area contributed by atoms with Gasteiger partial charge in [-0.2, -0.15) is 0 Å². The van der Waals surface area contributed by atoms with Crippen molar-refractivity contribution in [2.75, 3.05) is 0 Å². The fraction of sp³-hybridized carbons (Fsp3) is 0.233. The molecule has 6 nitrogen and oxygen atoms in total. The minimum Gasteiger partial charge on any atom is -0.440 e. The molecule has 1 unspecified atom stereocenters. The van der Waals surface area contributed by atoms with Crippen molar-refractivity contribution in [2.45, 2.75) is 46.6 Å². The van der Waals surface area contributed by atoms with Gasteiger partial charge in [0.1, 0.15) is 11.3 Å². The Kier molecular flexibility index (Phi) is 6.42. The number of aromatic nitrogens is 2. The molecule has 36 heavy (non-hydrogen) atoms. The number of carbonyl (C=O) groups excluding carboxylic acids is 1. The van der Waals surface area contributed by atoms with E-state index in [1.165, 1.54) is 5.56 Å². The number of nitrogens with one attached hydrogen (secondary N) is 1. The van der Waals surface area contributed by atoms with Crippen LogP contribution in [-0.4, -0.2) is 16.0 Å². The molecule has 0 aliphatic carbocycles. The molecule has 1 atom stereocenters. The van der Waals surface area contributed by atoms with E-state index in [2.05, 4.69) is 47.5 Å². The van der Waals surface area contributed by atoms with Crippen LogP contribution in [-0.2, 0) is 17.6 Å². The SMILES string of the molecule is Cc1ccc(C(NC(=O)Cc2ccc3oc(Cc4c(C)noc4C)nc3c2)c2ccccc2)c(C)c1.[HH]. The Balaban J connectivity index is 0.00000320. The van der Waals surface area contributed by atoms with E-state index in [0.717, 1.165) is 44.8 Å². The monoisotopic (exact) mass is 481 g/mol. The van der Waals surface area contributed by atoms with Crippen molar-refractivity contribution < 1.29 is 15.2 Å². The molecule has 3 aromatic carbocycles. The van der Waals surface area contributed by atoms with Gasteiger partial charge in [-0.1, -0.05) is 65.3 Å². The predicted octanol–water partition coefficient (Wildman–Crippen LogP) is 6.33. The minimum absolute atomic E-state index is 0. The van der Waals surface area contributed by atoms with Crippen molar-refractivity contribution in [1.29, 1.82) is 0 Å². The van der Waals surface area contributed by atoms with Gasteiger partial charge in [0.2, 0.25) is 5.91 Å². The second kappa shape index (κ2) is 9.82. The third-order valence-corrected chi connectivity index (χ3v) is 6.54. The van der Waals surface area contributed by atoms with Gasteiger partial charge in [-0.05, 0) is 62.1 Å². The summed E-state index contributed by atoms with van der Waals surface area (Å²) < 4.78 is 11.2. The fourth-order valence-corrected chi connectivity index (χ4v) is 4.64. The van der Waals surface area contributed by atoms with Crippen molar-refractivity contribution in [2.24, 2.45) is 0 Å². The maximum absolute atomic E-state index is 13.2. The molecule has 1 amide bonds. The highest BCUT2D eigenvalue weighted by Crippen LogP contribution is 2.26. The Morgan fingerprint density at radius 3 is 2.53 bits per heavy atom. The third-order valence-electron chi connectivity index (χ3n) is 6.54. The first-order valence-electron chi connectivity index (χ1n) is 12.1. The standard InChI is InChI=1S/C30H29N3O3.H2/c1-18-10-12-24(19(2)14-18)30(23-8-6-5-7-9-23)32-28(34)16-22-11-13-27-26(15-22)31-29(35-27)17-25-20(3)33-36-21(25)4;/h5-15,30H,16-17H2,1-4H3,(H,32,34);1H. The summed E-state index contributed by atoms with van der Waals surface area (Å²) in [6.45, 7) is 7.96. The molecule has 2 aromatic heterocycles. The number of aryl methyl sites for hydroxylation is 4. The van der Waals surface area contributed by atoms with Crippen LogP contribution in [0.3, 0.4) is 0 Å². The molecule has 0 fully saturated rings. The molecule has 0 radical (unpaired) electrons. The van der Waals surface area contributed by atoms with E-state index >= 15 is 0 Å². The maximum Gasteiger partial charge on any atom is 0.225 e. The Morgan fingerprint density at radius 2 is 1.81 bits per heavy atom. The summed E-state index contributed by atoms with van der Waals surface area (Å²) >= 11 is 0. The lowest BCUT2D eigenvalue weighted by atomic mass is 9.93. The molecule has 6 heteroatoms. The molecular weight excluding hydrogens is 450 g/mol. The third kappa shape index (κ3) is 4.93. The minimum atomic E-state index is -0.225. The van der Waals surface area contributed by atoms with E-state index in [1.807, 2.05) is 62.4 Å². The fourth-order valence-electron chi connectivity index (χ4n) is 4.64. The van der Waals surface area contributed by atoms with Crippen LogP contribution in [0, 0.1) is 27.7 Å². The second-order valence-corrected chi connectivity index (χ2v) is 9.34. The number of hydrogen-bond acceptors (Lipinski definition) is 5. The molecule has 0 spiro atoms. The number of benzene rings is 3. The summed E-state index contributed by atoms with van der Waals surface area (Å²) in [7, 11) is 0. The molecule has 1 N–H and O–H groups in total. The molecule has 5 rings (SSSR count). The summed E-state index contributed by atoms with van der Waals surface area (Å²) in [6.07, 6.45) is 0.760. The predicted molar refractivity (Wildman–Crippen MR) is 141 cm³/mol. The van der Waals surface area contributed by atoms with Gasteiger partial charge in [0, 0.05) is 6.99 Å². The highest BCUT2D eigenvalue weighted by atomic mass is 16.5. The van der Waals surface area contributed by atoms with E-state index in [0.29, 0.717) is 17.9 Å². The Morgan fingerprint density at radius 1 is 1.00 bits per heavy atom. The zero-order valence-electron chi connectivity index (χ0n) is 21.0. The normalized spacial score (nSPS) is 12.1. The van der Waals surface area contributed by atoms with Crippen molar-refractivity contribution in [3.63, 3.8) is 0 Å². The average molecular weight is 482 g/mol. The summed E-state index contributed by atoms with van der Waals surface area (Å²) in [5.74, 6) is 1.31. The number of oxazole rings is 1. The van der Waals surface area contributed by atoms with Crippen molar-refractivity contribution in [1.82, 2.24) is 15.5 Å². The van der Waals surface area contributed by atoms with Crippen LogP contribution in [0.1, 0.15) is 58.2 Å². The Hall–Kier alpha value is -4.19. The lowest BCUT2D eigenvalue weighted by Gasteiger charge is -2.22. The summed E-state index contributed by atoms with van der Waals surface area (Å²) in [5, 5.41) is 7.25. The number of rotatable bonds is 7. The van der Waals surface area contributed by atoms with Gasteiger partial charge in [-0.15, -0.1) is 0 Å². The Labute approximate surface area is 211 Å². The molecular formula is C30H31N3O3. The smallest absolute Gasteiger partial charge is 0.225 e. The topological polar surface area (TPSA) is 81.2 Å². The van der Waals surface area contributed by atoms with Gasteiger partial charge >= 0.3 is 0 Å². The molecule has 0 aliphatic heterocycles. The van der Waals surface area contributed by atoms with Crippen LogP contribution < -0.4 is 5.32 Å². The van der Waals surface area contributed by atoms with Crippen LogP contribution in [0.2, 0.25) is 0 Å². The number of carbonyl (C=O) groups is 1. The lowest BCUT2D eigenvalue weighted by molar-refractivity contribution is -0.120. The van der Waals surface area contributed by atoms with E-state index in [4.69, 9.17) is 8.94 Å². The van der Waals surface area contributed by atoms with Gasteiger partial charge in [0.25, 0.3) is 0 Å². The maximum atomic E-state index is 13.2. The molecule has 2 heterocycles. The first-order valence-corrected chi connectivity index (χ1v) is 12.1. The van der Waals surface area contributed by atoms with Crippen LogP contribution in [0.15, 0.2) is 75.7 Å². The number of hydrogen-bond donors (Lipinski definition) is 1. The molecule has 0 saturated heterocycles. The molecule has 5 aromatic rings. The highest BCUT2D eigenvalue weighted by Gasteiger charge is 2.20. The molecule has 0 saturated carbocycles. The van der Waals surface area contributed by atoms with Gasteiger partial charge in [-0.25, -0.2) is 4.98 Å². The molecule has 0 aliphatic rings. The Bertz CT molecular complexity index is 1520. The van der Waals surface area contributed by atoms with E-state index in [1.54, 1.807) is 0 Å². The van der Waals surface area contributed by atoms with E-state index in [9.17, 15) is 4.79 Å². The largest absolute Gasteiger partial charge is 0.440 e. The number of fused-ring (bicyclic) bond motifs is 1. The van der Waals surface area contributed by atoms with E-state index < -0.39 is 0 Å². The van der Waals surface area contributed by atoms with Gasteiger partial charge in [-0.3, -0.25) is 4.79 Å². The lowest BCUT2D eigenvalue weighted by Crippen LogP contribution is -2.31. The van der Waals surface area contributed by atoms with Crippen LogP contribution in [0.4, 0.5) is 0 Å². The van der Waals surface area contributed by atoms with Crippen LogP contribution in [0.25, 0.3) is 11.1 Å². The molecule has 0 bridgehead atoms. The summed E-state index contributed by atoms with van der Waals surface area (Å²) in [4.78, 5) is 17.8. The summed E-state index contributed by atoms with van der Waals surface area (Å²) in [6, 6.07) is 21.9. The molecule has 184 valence electrons. The zero-order chi connectivity index (χ0) is 25.2. The van der Waals surface area contributed by atoms with Crippen molar-refractivity contribution in [3.8, 4) is 0 Å². The summed E-state index contributed by atoms with van der Waals surface area (Å²) in [5.41, 5.74) is 8.62. The second-order valence-electron chi connectivity index (χ2n) is 9.34. The number of amides is 1. The van der Waals surface area contributed by atoms with Gasteiger partial charge < -0.3 is 14.3 Å². The number of nitrogens with zero attached hydrogens (tertiary/aromatic N) is 2. The van der Waals surface area contributed by atoms with Gasteiger partial charge in [0.05, 0.1) is 24.6 Å². The quantitative estimate of drug-likeness (QED) is 0.294. The first-order chi connectivity index (χ1) is 17.4. The first kappa shape index (κ1) is 23.5. The average Bonchev–Trinajstić information content (AvgIpc) is 3.41.